The van der Waals surface area contributed by atoms with Gasteiger partial charge < -0.3 is 5.32 Å². The Bertz CT molecular complexity index is 819. The number of carbonyl (C=O) groups excluding carboxylic acids is 1. The van der Waals surface area contributed by atoms with Crippen molar-refractivity contribution in [1.82, 2.24) is 15.2 Å². The van der Waals surface area contributed by atoms with Crippen LogP contribution in [0.4, 0.5) is 5.13 Å². The molecule has 0 bridgehead atoms. The normalized spacial score (nSPS) is 14.5. The average Bonchev–Trinajstić information content (AvgIpc) is 3.15. The summed E-state index contributed by atoms with van der Waals surface area (Å²) in [7, 11) is 0. The first-order valence-corrected chi connectivity index (χ1v) is 7.82. The number of hydrogen-bond donors (Lipinski definition) is 2. The van der Waals surface area contributed by atoms with Crippen LogP contribution in [-0.4, -0.2) is 21.1 Å². The predicted molar refractivity (Wildman–Crippen MR) is 83.6 cm³/mol. The van der Waals surface area contributed by atoms with Crippen molar-refractivity contribution in [3.05, 3.63) is 29.3 Å². The van der Waals surface area contributed by atoms with E-state index in [1.807, 2.05) is 24.3 Å². The standard InChI is InChI=1S/C14H11ClN4OS/c15-9-5-3-7(4-6-9)10-11-12(19-18-10)16-14(21-11)17-13(20)8-1-2-8/h3-6,8H,1-2H2,(H2,16,17,18,19,20). The number of hydrogen-bond acceptors (Lipinski definition) is 4. The number of carbonyl (C=O) groups is 1. The zero-order valence-electron chi connectivity index (χ0n) is 10.9. The van der Waals surface area contributed by atoms with E-state index in [1.54, 1.807) is 0 Å². The van der Waals surface area contributed by atoms with Crippen LogP contribution in [0.1, 0.15) is 12.8 Å². The van der Waals surface area contributed by atoms with E-state index in [1.165, 1.54) is 11.3 Å². The quantitative estimate of drug-likeness (QED) is 0.773. The highest BCUT2D eigenvalue weighted by Crippen LogP contribution is 2.35. The van der Waals surface area contributed by atoms with Crippen molar-refractivity contribution >= 4 is 44.3 Å². The van der Waals surface area contributed by atoms with Crippen LogP contribution in [0.5, 0.6) is 0 Å². The van der Waals surface area contributed by atoms with Crippen molar-refractivity contribution in [3.8, 4) is 11.3 Å². The number of nitrogens with zero attached hydrogens (tertiary/aromatic N) is 2. The molecular formula is C14H11ClN4OS. The van der Waals surface area contributed by atoms with E-state index in [2.05, 4.69) is 20.5 Å². The van der Waals surface area contributed by atoms with Gasteiger partial charge in [-0.2, -0.15) is 10.1 Å². The lowest BCUT2D eigenvalue weighted by Crippen LogP contribution is -2.12. The van der Waals surface area contributed by atoms with Gasteiger partial charge in [0, 0.05) is 16.5 Å². The summed E-state index contributed by atoms with van der Waals surface area (Å²) in [5.41, 5.74) is 2.51. The molecule has 5 nitrogen and oxygen atoms in total. The van der Waals surface area contributed by atoms with Gasteiger partial charge in [-0.15, -0.1) is 0 Å². The van der Waals surface area contributed by atoms with Gasteiger partial charge in [0.25, 0.3) is 0 Å². The molecule has 2 N–H and O–H groups in total. The highest BCUT2D eigenvalue weighted by molar-refractivity contribution is 7.22. The van der Waals surface area contributed by atoms with E-state index in [0.717, 1.165) is 28.8 Å². The van der Waals surface area contributed by atoms with Gasteiger partial charge in [-0.25, -0.2) is 0 Å². The Morgan fingerprint density at radius 1 is 1.33 bits per heavy atom. The SMILES string of the molecule is O=C(Nc1nc2n[nH]c(-c3ccc(Cl)cc3)c2s1)C1CC1. The molecule has 2 aromatic heterocycles. The van der Waals surface area contributed by atoms with Crippen molar-refractivity contribution in [2.45, 2.75) is 12.8 Å². The average molecular weight is 319 g/mol. The number of rotatable bonds is 3. The van der Waals surface area contributed by atoms with Gasteiger partial charge in [0.05, 0.1) is 5.69 Å². The molecule has 1 aliphatic rings. The molecule has 1 aliphatic carbocycles. The number of halogens is 1. The zero-order chi connectivity index (χ0) is 14.4. The molecule has 1 aromatic carbocycles. The second kappa shape index (κ2) is 4.82. The summed E-state index contributed by atoms with van der Waals surface area (Å²) < 4.78 is 0.934. The summed E-state index contributed by atoms with van der Waals surface area (Å²) in [6, 6.07) is 7.52. The fourth-order valence-electron chi connectivity index (χ4n) is 2.13. The fourth-order valence-corrected chi connectivity index (χ4v) is 3.18. The molecule has 106 valence electrons. The van der Waals surface area contributed by atoms with Gasteiger partial charge in [0.1, 0.15) is 4.70 Å². The van der Waals surface area contributed by atoms with Gasteiger partial charge in [-0.1, -0.05) is 35.1 Å². The molecule has 0 aliphatic heterocycles. The smallest absolute Gasteiger partial charge is 0.229 e. The monoisotopic (exact) mass is 318 g/mol. The minimum Gasteiger partial charge on any atom is -0.302 e. The maximum Gasteiger partial charge on any atom is 0.229 e. The van der Waals surface area contributed by atoms with E-state index in [0.29, 0.717) is 15.8 Å². The van der Waals surface area contributed by atoms with E-state index in [4.69, 9.17) is 11.6 Å². The second-order valence-electron chi connectivity index (χ2n) is 5.04. The number of aromatic amines is 1. The van der Waals surface area contributed by atoms with Crippen LogP contribution in [0.25, 0.3) is 21.6 Å². The highest BCUT2D eigenvalue weighted by Gasteiger charge is 2.30. The Labute approximate surface area is 129 Å². The second-order valence-corrected chi connectivity index (χ2v) is 6.48. The van der Waals surface area contributed by atoms with Crippen LogP contribution in [0.15, 0.2) is 24.3 Å². The minimum absolute atomic E-state index is 0.0587. The maximum atomic E-state index is 11.8. The molecule has 4 rings (SSSR count). The number of fused-ring (bicyclic) bond motifs is 1. The molecule has 1 saturated carbocycles. The third-order valence-electron chi connectivity index (χ3n) is 3.42. The van der Waals surface area contributed by atoms with Crippen LogP contribution in [0.2, 0.25) is 5.02 Å². The minimum atomic E-state index is 0.0587. The molecule has 0 spiro atoms. The summed E-state index contributed by atoms with van der Waals surface area (Å²) in [5, 5.41) is 11.3. The third kappa shape index (κ3) is 2.41. The van der Waals surface area contributed by atoms with Crippen molar-refractivity contribution in [3.63, 3.8) is 0 Å². The van der Waals surface area contributed by atoms with Crippen LogP contribution < -0.4 is 5.32 Å². The van der Waals surface area contributed by atoms with Crippen molar-refractivity contribution in [2.75, 3.05) is 5.32 Å². The first kappa shape index (κ1) is 12.8. The van der Waals surface area contributed by atoms with Crippen molar-refractivity contribution in [1.29, 1.82) is 0 Å². The molecule has 2 heterocycles. The summed E-state index contributed by atoms with van der Waals surface area (Å²) in [4.78, 5) is 16.1. The van der Waals surface area contributed by atoms with Crippen LogP contribution in [0.3, 0.4) is 0 Å². The number of anilines is 1. The maximum absolute atomic E-state index is 11.8. The molecule has 1 amide bonds. The molecule has 3 aromatic rings. The number of benzene rings is 1. The van der Waals surface area contributed by atoms with Crippen molar-refractivity contribution < 1.29 is 4.79 Å². The number of thiazole rings is 1. The van der Waals surface area contributed by atoms with Crippen LogP contribution in [0, 0.1) is 5.92 Å². The Morgan fingerprint density at radius 2 is 2.10 bits per heavy atom. The Balaban J connectivity index is 1.68. The predicted octanol–water partition coefficient (Wildman–Crippen LogP) is 3.69. The molecule has 0 atom stereocenters. The van der Waals surface area contributed by atoms with Crippen LogP contribution >= 0.6 is 22.9 Å². The molecular weight excluding hydrogens is 308 g/mol. The lowest BCUT2D eigenvalue weighted by molar-refractivity contribution is -0.117. The third-order valence-corrected chi connectivity index (χ3v) is 4.65. The zero-order valence-corrected chi connectivity index (χ0v) is 12.5. The first-order chi connectivity index (χ1) is 10.2. The molecule has 0 unspecified atom stereocenters. The number of amides is 1. The molecule has 0 saturated heterocycles. The topological polar surface area (TPSA) is 70.7 Å². The number of nitrogens with one attached hydrogen (secondary N) is 2. The Morgan fingerprint density at radius 3 is 2.81 bits per heavy atom. The molecule has 1 fully saturated rings. The summed E-state index contributed by atoms with van der Waals surface area (Å²) in [6.07, 6.45) is 1.95. The summed E-state index contributed by atoms with van der Waals surface area (Å²) in [6.45, 7) is 0. The summed E-state index contributed by atoms with van der Waals surface area (Å²) >= 11 is 7.34. The van der Waals surface area contributed by atoms with Gasteiger partial charge in [-0.3, -0.25) is 9.89 Å². The molecule has 7 heteroatoms. The van der Waals surface area contributed by atoms with E-state index >= 15 is 0 Å². The Kier molecular flexibility index (Phi) is 2.94. The molecule has 21 heavy (non-hydrogen) atoms. The van der Waals surface area contributed by atoms with E-state index in [-0.39, 0.29) is 11.8 Å². The largest absolute Gasteiger partial charge is 0.302 e. The summed E-state index contributed by atoms with van der Waals surface area (Å²) in [5.74, 6) is 0.224. The lowest BCUT2D eigenvalue weighted by atomic mass is 10.1. The Hall–Kier alpha value is -1.92. The van der Waals surface area contributed by atoms with Gasteiger partial charge in [0.15, 0.2) is 10.8 Å². The number of H-pyrrole nitrogens is 1. The van der Waals surface area contributed by atoms with E-state index in [9.17, 15) is 4.79 Å². The first-order valence-electron chi connectivity index (χ1n) is 6.62. The fraction of sp³-hybridized carbons (Fsp3) is 0.214. The van der Waals surface area contributed by atoms with Crippen LogP contribution in [-0.2, 0) is 4.79 Å². The molecule has 0 radical (unpaired) electrons. The number of aromatic nitrogens is 3. The van der Waals surface area contributed by atoms with Gasteiger partial charge in [-0.05, 0) is 25.0 Å². The van der Waals surface area contributed by atoms with Gasteiger partial charge in [0.2, 0.25) is 5.91 Å². The van der Waals surface area contributed by atoms with Gasteiger partial charge >= 0.3 is 0 Å². The van der Waals surface area contributed by atoms with E-state index < -0.39 is 0 Å². The highest BCUT2D eigenvalue weighted by atomic mass is 35.5. The van der Waals surface area contributed by atoms with Crippen molar-refractivity contribution in [2.24, 2.45) is 5.92 Å². The lowest BCUT2D eigenvalue weighted by Gasteiger charge is -1.98.